The topological polar surface area (TPSA) is 136 Å². The lowest BCUT2D eigenvalue weighted by molar-refractivity contribution is -0.157. The van der Waals surface area contributed by atoms with Crippen LogP contribution in [0.3, 0.4) is 0 Å². The molecule has 38 heavy (non-hydrogen) atoms. The summed E-state index contributed by atoms with van der Waals surface area (Å²) in [4.78, 5) is 0. The van der Waals surface area contributed by atoms with E-state index in [-0.39, 0.29) is 37.1 Å². The molecule has 1 aliphatic carbocycles. The molecule has 2 aliphatic heterocycles. The molecular weight excluding hydrogens is 496 g/mol. The predicted octanol–water partition coefficient (Wildman–Crippen LogP) is 1.63. The summed E-state index contributed by atoms with van der Waals surface area (Å²) in [5.41, 5.74) is 1.94. The molecule has 0 aromatic heterocycles. The second-order valence-corrected chi connectivity index (χ2v) is 10.2. The first-order valence-electron chi connectivity index (χ1n) is 12.8. The summed E-state index contributed by atoms with van der Waals surface area (Å²) in [6.45, 7) is 0.771. The van der Waals surface area contributed by atoms with Crippen molar-refractivity contribution < 1.29 is 48.8 Å². The quantitative estimate of drug-likeness (QED) is 0.397. The monoisotopic (exact) mass is 532 g/mol. The molecule has 3 fully saturated rings. The van der Waals surface area contributed by atoms with E-state index < -0.39 is 30.3 Å². The van der Waals surface area contributed by atoms with Gasteiger partial charge in [0.25, 0.3) is 0 Å². The summed E-state index contributed by atoms with van der Waals surface area (Å²) in [5, 5.41) is 40.3. The standard InChI is InChI=1S/C28H36O10/c1-33-19-6-4-14(8-21(19)34-2)27-17-12-37-28(18(17)13-36-27)15-5-7-20(22(9-15)35-3)38-23-10-16(11-29)24(30)26(32)25(23)31/h4-9,16-18,23-32H,10-13H2,1-3H3/t16?,17?,18?,23-,24-,25-,26?,27-,28+/m1/s1. The minimum atomic E-state index is -1.42. The third kappa shape index (κ3) is 4.81. The number of benzene rings is 2. The highest BCUT2D eigenvalue weighted by Gasteiger charge is 2.48. The smallest absolute Gasteiger partial charge is 0.161 e. The van der Waals surface area contributed by atoms with Crippen molar-refractivity contribution in [3.8, 4) is 23.0 Å². The summed E-state index contributed by atoms with van der Waals surface area (Å²) >= 11 is 0. The van der Waals surface area contributed by atoms with Crippen LogP contribution in [0.1, 0.15) is 29.8 Å². The predicted molar refractivity (Wildman–Crippen MR) is 135 cm³/mol. The Hall–Kier alpha value is -2.60. The van der Waals surface area contributed by atoms with Gasteiger partial charge in [0.05, 0.1) is 52.9 Å². The van der Waals surface area contributed by atoms with Crippen LogP contribution in [0.15, 0.2) is 36.4 Å². The van der Waals surface area contributed by atoms with Crippen LogP contribution in [0.4, 0.5) is 0 Å². The van der Waals surface area contributed by atoms with E-state index in [9.17, 15) is 20.4 Å². The van der Waals surface area contributed by atoms with Crippen molar-refractivity contribution >= 4 is 0 Å². The van der Waals surface area contributed by atoms with Crippen LogP contribution in [0.5, 0.6) is 23.0 Å². The minimum Gasteiger partial charge on any atom is -0.493 e. The third-order valence-electron chi connectivity index (χ3n) is 8.13. The highest BCUT2D eigenvalue weighted by Crippen LogP contribution is 2.51. The second kappa shape index (κ2) is 11.3. The highest BCUT2D eigenvalue weighted by molar-refractivity contribution is 5.45. The van der Waals surface area contributed by atoms with E-state index in [0.717, 1.165) is 11.1 Å². The molecule has 10 nitrogen and oxygen atoms in total. The van der Waals surface area contributed by atoms with Crippen LogP contribution in [-0.4, -0.2) is 86.0 Å². The zero-order chi connectivity index (χ0) is 27.0. The fraction of sp³-hybridized carbons (Fsp3) is 0.571. The summed E-state index contributed by atoms with van der Waals surface area (Å²) in [7, 11) is 4.75. The van der Waals surface area contributed by atoms with Crippen molar-refractivity contribution in [2.24, 2.45) is 17.8 Å². The van der Waals surface area contributed by atoms with E-state index in [2.05, 4.69) is 0 Å². The average molecular weight is 533 g/mol. The summed E-state index contributed by atoms with van der Waals surface area (Å²) < 4.78 is 34.9. The van der Waals surface area contributed by atoms with Gasteiger partial charge in [-0.05, 0) is 41.8 Å². The SMILES string of the molecule is COc1ccc([C@H]2OCC3C2CO[C@H]3c2ccc(O[C@@H]3CC(CO)[C@@H](O)C(O)[C@@H]3O)c(OC)c2)cc1OC. The van der Waals surface area contributed by atoms with Gasteiger partial charge in [0.2, 0.25) is 0 Å². The Balaban J connectivity index is 1.31. The molecule has 2 heterocycles. The molecule has 9 atom stereocenters. The Labute approximate surface area is 221 Å². The molecular formula is C28H36O10. The van der Waals surface area contributed by atoms with E-state index >= 15 is 0 Å². The molecule has 5 rings (SSSR count). The molecule has 4 N–H and O–H groups in total. The highest BCUT2D eigenvalue weighted by atomic mass is 16.5. The molecule has 1 saturated carbocycles. The molecule has 2 aromatic carbocycles. The van der Waals surface area contributed by atoms with Crippen molar-refractivity contribution in [1.29, 1.82) is 0 Å². The summed E-state index contributed by atoms with van der Waals surface area (Å²) in [6, 6.07) is 11.3. The number of hydrogen-bond acceptors (Lipinski definition) is 10. The van der Waals surface area contributed by atoms with Gasteiger partial charge in [-0.1, -0.05) is 12.1 Å². The first-order valence-corrected chi connectivity index (χ1v) is 12.8. The van der Waals surface area contributed by atoms with Crippen LogP contribution in [0, 0.1) is 17.8 Å². The van der Waals surface area contributed by atoms with Gasteiger partial charge in [-0.3, -0.25) is 0 Å². The van der Waals surface area contributed by atoms with Gasteiger partial charge in [-0.25, -0.2) is 0 Å². The Kier molecular flexibility index (Phi) is 7.99. The normalized spacial score (nSPS) is 34.6. The maximum absolute atomic E-state index is 10.5. The maximum Gasteiger partial charge on any atom is 0.161 e. The Morgan fingerprint density at radius 1 is 0.711 bits per heavy atom. The van der Waals surface area contributed by atoms with Crippen LogP contribution in [0.2, 0.25) is 0 Å². The third-order valence-corrected chi connectivity index (χ3v) is 8.13. The molecule has 208 valence electrons. The fourth-order valence-electron chi connectivity index (χ4n) is 5.96. The summed E-state index contributed by atoms with van der Waals surface area (Å²) in [6.07, 6.45) is -4.88. The van der Waals surface area contributed by atoms with Crippen molar-refractivity contribution in [3.05, 3.63) is 47.5 Å². The van der Waals surface area contributed by atoms with E-state index in [0.29, 0.717) is 36.2 Å². The zero-order valence-electron chi connectivity index (χ0n) is 21.7. The zero-order valence-corrected chi connectivity index (χ0v) is 21.7. The van der Waals surface area contributed by atoms with Crippen LogP contribution in [0.25, 0.3) is 0 Å². The van der Waals surface area contributed by atoms with Crippen LogP contribution in [-0.2, 0) is 9.47 Å². The molecule has 2 aromatic rings. The van der Waals surface area contributed by atoms with Crippen LogP contribution >= 0.6 is 0 Å². The number of aliphatic hydroxyl groups excluding tert-OH is 4. The molecule has 0 amide bonds. The fourth-order valence-corrected chi connectivity index (χ4v) is 5.96. The van der Waals surface area contributed by atoms with Gasteiger partial charge in [-0.2, -0.15) is 0 Å². The average Bonchev–Trinajstić information content (AvgIpc) is 3.55. The van der Waals surface area contributed by atoms with Gasteiger partial charge in [0, 0.05) is 24.4 Å². The van der Waals surface area contributed by atoms with E-state index in [1.807, 2.05) is 30.3 Å². The molecule has 0 radical (unpaired) electrons. The number of ether oxygens (including phenoxy) is 6. The largest absolute Gasteiger partial charge is 0.493 e. The Morgan fingerprint density at radius 2 is 1.24 bits per heavy atom. The second-order valence-electron chi connectivity index (χ2n) is 10.2. The number of fused-ring (bicyclic) bond motifs is 1. The van der Waals surface area contributed by atoms with Gasteiger partial charge in [0.1, 0.15) is 18.3 Å². The van der Waals surface area contributed by atoms with Crippen molar-refractivity contribution in [2.45, 2.75) is 43.0 Å². The number of aliphatic hydroxyl groups is 4. The van der Waals surface area contributed by atoms with Gasteiger partial charge in [-0.15, -0.1) is 0 Å². The van der Waals surface area contributed by atoms with Crippen LogP contribution < -0.4 is 18.9 Å². The lowest BCUT2D eigenvalue weighted by Crippen LogP contribution is -2.56. The van der Waals surface area contributed by atoms with E-state index in [4.69, 9.17) is 28.4 Å². The van der Waals surface area contributed by atoms with Crippen molar-refractivity contribution in [3.63, 3.8) is 0 Å². The molecule has 0 spiro atoms. The summed E-state index contributed by atoms with van der Waals surface area (Å²) in [5.74, 6) is 1.88. The first-order chi connectivity index (χ1) is 18.4. The molecule has 10 heteroatoms. The molecule has 4 unspecified atom stereocenters. The first kappa shape index (κ1) is 27.0. The Morgan fingerprint density at radius 3 is 1.76 bits per heavy atom. The van der Waals surface area contributed by atoms with Gasteiger partial charge in [0.15, 0.2) is 23.0 Å². The minimum absolute atomic E-state index is 0.122. The maximum atomic E-state index is 10.5. The van der Waals surface area contributed by atoms with Crippen molar-refractivity contribution in [2.75, 3.05) is 41.2 Å². The van der Waals surface area contributed by atoms with E-state index in [1.54, 1.807) is 20.3 Å². The Bertz CT molecular complexity index is 1110. The molecule has 3 aliphatic rings. The number of hydrogen-bond donors (Lipinski definition) is 4. The lowest BCUT2D eigenvalue weighted by Gasteiger charge is -2.39. The van der Waals surface area contributed by atoms with Crippen molar-refractivity contribution in [1.82, 2.24) is 0 Å². The number of methoxy groups -OCH3 is 3. The number of rotatable bonds is 8. The van der Waals surface area contributed by atoms with E-state index in [1.165, 1.54) is 7.11 Å². The van der Waals surface area contributed by atoms with Gasteiger partial charge < -0.3 is 48.8 Å². The molecule has 0 bridgehead atoms. The molecule has 2 saturated heterocycles. The van der Waals surface area contributed by atoms with Gasteiger partial charge >= 0.3 is 0 Å². The lowest BCUT2D eigenvalue weighted by atomic mass is 9.81.